The minimum atomic E-state index is 0.188. The van der Waals surface area contributed by atoms with E-state index < -0.39 is 0 Å². The highest BCUT2D eigenvalue weighted by Gasteiger charge is 1.65. The maximum absolute atomic E-state index is 10.9. The molecule has 0 fully saturated rings. The number of allylic oxidation sites excluding steroid dienone is 1. The molecule has 0 aliphatic rings. The van der Waals surface area contributed by atoms with Crippen molar-refractivity contribution in [3.8, 4) is 23.9 Å². The van der Waals surface area contributed by atoms with Crippen molar-refractivity contribution >= 4 is 7.85 Å². The highest BCUT2D eigenvalue weighted by Crippen LogP contribution is 1.70. The molecule has 0 heterocycles. The van der Waals surface area contributed by atoms with E-state index in [2.05, 4.69) is 18.4 Å². The Balaban J connectivity index is 3.81. The van der Waals surface area contributed by atoms with Gasteiger partial charge in [-0.3, -0.25) is 0 Å². The van der Waals surface area contributed by atoms with E-state index in [1.807, 2.05) is 5.92 Å². The lowest BCUT2D eigenvalue weighted by atomic mass is 9.99. The minimum Gasteiger partial charge on any atom is -0.143 e. The normalized spacial score (nSPS) is 5.12. The summed E-state index contributed by atoms with van der Waals surface area (Å²) < 4.78 is 10.9. The first-order valence-corrected chi connectivity index (χ1v) is 1.83. The summed E-state index contributed by atoms with van der Waals surface area (Å²) in [5, 5.41) is 0. The highest BCUT2D eigenvalue weighted by atomic mass is 19.1. The van der Waals surface area contributed by atoms with Crippen molar-refractivity contribution in [1.29, 1.82) is 0 Å². The van der Waals surface area contributed by atoms with Crippen LogP contribution in [0.1, 0.15) is 0 Å². The first-order valence-electron chi connectivity index (χ1n) is 1.83. The summed E-state index contributed by atoms with van der Waals surface area (Å²) in [6, 6.07) is 0. The molecule has 8 heavy (non-hydrogen) atoms. The van der Waals surface area contributed by atoms with Gasteiger partial charge in [-0.05, 0) is 5.92 Å². The Morgan fingerprint density at radius 3 is 2.50 bits per heavy atom. The van der Waals surface area contributed by atoms with Gasteiger partial charge in [-0.1, -0.05) is 18.0 Å². The van der Waals surface area contributed by atoms with Crippen LogP contribution in [0, 0.1) is 23.9 Å². The third kappa shape index (κ3) is 4.85. The summed E-state index contributed by atoms with van der Waals surface area (Å²) in [4.78, 5) is 0. The Kier molecular flexibility index (Phi) is 3.45. The van der Waals surface area contributed by atoms with Gasteiger partial charge in [-0.15, -0.1) is 4.39 Å². The van der Waals surface area contributed by atoms with Gasteiger partial charge in [0.2, 0.25) is 0 Å². The number of hydrogen-bond acceptors (Lipinski definition) is 0. The smallest absolute Gasteiger partial charge is 0.125 e. The van der Waals surface area contributed by atoms with Crippen LogP contribution in [0.15, 0.2) is 12.1 Å². The molecule has 0 spiro atoms. The van der Waals surface area contributed by atoms with Crippen molar-refractivity contribution in [3.05, 3.63) is 12.1 Å². The largest absolute Gasteiger partial charge is 0.143 e. The van der Waals surface area contributed by atoms with Crippen molar-refractivity contribution in [1.82, 2.24) is 0 Å². The summed E-state index contributed by atoms with van der Waals surface area (Å²) >= 11 is 0. The van der Waals surface area contributed by atoms with Crippen LogP contribution >= 0.6 is 0 Å². The van der Waals surface area contributed by atoms with E-state index in [9.17, 15) is 4.39 Å². The fourth-order valence-corrected chi connectivity index (χ4v) is 0.135. The summed E-state index contributed by atoms with van der Waals surface area (Å²) in [5.41, 5.74) is 0.188. The van der Waals surface area contributed by atoms with Crippen LogP contribution in [0.4, 0.5) is 4.39 Å². The molecule has 2 radical (unpaired) electrons. The van der Waals surface area contributed by atoms with Crippen LogP contribution in [0.25, 0.3) is 0 Å². The van der Waals surface area contributed by atoms with Crippen molar-refractivity contribution in [2.24, 2.45) is 0 Å². The molecule has 0 amide bonds. The molecule has 36 valence electrons. The molecule has 0 saturated heterocycles. The lowest BCUT2D eigenvalue weighted by Crippen LogP contribution is -1.66. The molecule has 0 aromatic rings. The second-order valence-corrected chi connectivity index (χ2v) is 0.995. The Morgan fingerprint density at radius 1 is 1.50 bits per heavy atom. The van der Waals surface area contributed by atoms with E-state index in [-0.39, 0.29) is 5.47 Å². The molecule has 0 bridgehead atoms. The maximum Gasteiger partial charge on any atom is 0.125 e. The number of hydrogen-bond donors (Lipinski definition) is 0. The predicted octanol–water partition coefficient (Wildman–Crippen LogP) is 0.602. The number of halogens is 1. The van der Waals surface area contributed by atoms with Gasteiger partial charge in [0.1, 0.15) is 14.0 Å². The molecule has 0 rings (SSSR count). The van der Waals surface area contributed by atoms with Gasteiger partial charge >= 0.3 is 0 Å². The van der Waals surface area contributed by atoms with Crippen LogP contribution in [-0.2, 0) is 0 Å². The first-order chi connectivity index (χ1) is 3.77. The molecule has 0 aliphatic carbocycles. The van der Waals surface area contributed by atoms with Crippen LogP contribution in [0.2, 0.25) is 0 Å². The topological polar surface area (TPSA) is 0 Å². The van der Waals surface area contributed by atoms with E-state index in [0.717, 1.165) is 6.17 Å². The summed E-state index contributed by atoms with van der Waals surface area (Å²) in [5.74, 6) is 6.25. The molecule has 0 unspecified atom stereocenters. The Hall–Kier alpha value is -1.15. The predicted molar refractivity (Wildman–Crippen MR) is 31.6 cm³/mol. The summed E-state index contributed by atoms with van der Waals surface area (Å²) in [7, 11) is 4.97. The fourth-order valence-electron chi connectivity index (χ4n) is 0.135. The van der Waals surface area contributed by atoms with Gasteiger partial charge in [0, 0.05) is 5.92 Å². The van der Waals surface area contributed by atoms with Crippen LogP contribution < -0.4 is 0 Å². The zero-order chi connectivity index (χ0) is 6.41. The van der Waals surface area contributed by atoms with Gasteiger partial charge in [-0.2, -0.15) is 0 Å². The van der Waals surface area contributed by atoms with Crippen molar-refractivity contribution in [3.63, 3.8) is 0 Å². The zero-order valence-corrected chi connectivity index (χ0v) is 4.16. The number of rotatable bonds is 0. The highest BCUT2D eigenvalue weighted by molar-refractivity contribution is 6.24. The third-order valence-electron chi connectivity index (χ3n) is 0.333. The minimum absolute atomic E-state index is 0.188. The van der Waals surface area contributed by atoms with Crippen molar-refractivity contribution in [2.45, 2.75) is 0 Å². The monoisotopic (exact) mass is 104 g/mol. The average Bonchev–Trinajstić information content (AvgIpc) is 1.66. The van der Waals surface area contributed by atoms with E-state index in [1.54, 1.807) is 0 Å². The lowest BCUT2D eigenvalue weighted by molar-refractivity contribution is 0.774. The maximum atomic E-state index is 10.9. The van der Waals surface area contributed by atoms with Crippen molar-refractivity contribution in [2.75, 3.05) is 0 Å². The molecule has 2 heteroatoms. The molecule has 0 aromatic heterocycles. The summed E-state index contributed by atoms with van der Waals surface area (Å²) in [6.07, 6.45) is 1.10. The zero-order valence-electron chi connectivity index (χ0n) is 4.16. The van der Waals surface area contributed by atoms with Gasteiger partial charge in [0.25, 0.3) is 0 Å². The Morgan fingerprint density at radius 2 is 2.12 bits per heavy atom. The SMILES string of the molecule is [B]C(=C)C#CC#CF. The van der Waals surface area contributed by atoms with Gasteiger partial charge in [0.05, 0.1) is 0 Å². The first kappa shape index (κ1) is 6.85. The van der Waals surface area contributed by atoms with Gasteiger partial charge in [-0.25, -0.2) is 0 Å². The molecule has 0 N–H and O–H groups in total. The van der Waals surface area contributed by atoms with E-state index in [0.29, 0.717) is 0 Å². The van der Waals surface area contributed by atoms with E-state index in [4.69, 9.17) is 7.85 Å². The molecule has 0 aliphatic heterocycles. The molecular weight excluding hydrogens is 102 g/mol. The second kappa shape index (κ2) is 4.03. The van der Waals surface area contributed by atoms with Gasteiger partial charge < -0.3 is 0 Å². The van der Waals surface area contributed by atoms with Crippen molar-refractivity contribution < 1.29 is 4.39 Å². The van der Waals surface area contributed by atoms with Crippen LogP contribution in [0.3, 0.4) is 0 Å². The quantitative estimate of drug-likeness (QED) is 0.312. The van der Waals surface area contributed by atoms with Crippen LogP contribution in [0.5, 0.6) is 0 Å². The Labute approximate surface area is 49.2 Å². The fraction of sp³-hybridized carbons (Fsp3) is 0. The van der Waals surface area contributed by atoms with E-state index in [1.165, 1.54) is 0 Å². The van der Waals surface area contributed by atoms with Crippen LogP contribution in [-0.4, -0.2) is 7.85 Å². The molecule has 0 nitrogen and oxygen atoms in total. The molecule has 0 aromatic carbocycles. The molecule has 0 atom stereocenters. The molecule has 0 saturated carbocycles. The average molecular weight is 104 g/mol. The molecular formula is C6H2BF. The Bertz CT molecular complexity index is 196. The third-order valence-corrected chi connectivity index (χ3v) is 0.333. The van der Waals surface area contributed by atoms with Gasteiger partial charge in [0.15, 0.2) is 0 Å². The second-order valence-electron chi connectivity index (χ2n) is 0.995. The summed E-state index contributed by atoms with van der Waals surface area (Å²) in [6.45, 7) is 3.24. The standard InChI is InChI=1S/C6H2BF/c1-6(7)4-2-3-5-8/h1H2. The van der Waals surface area contributed by atoms with E-state index >= 15 is 0 Å². The lowest BCUT2D eigenvalue weighted by Gasteiger charge is -1.69.